The molecule has 1 saturated heterocycles. The van der Waals surface area contributed by atoms with Gasteiger partial charge in [-0.05, 0) is 43.9 Å². The average molecular weight is 373 g/mol. The summed E-state index contributed by atoms with van der Waals surface area (Å²) in [5.41, 5.74) is 1.02. The third kappa shape index (κ3) is 6.17. The summed E-state index contributed by atoms with van der Waals surface area (Å²) in [4.78, 5) is 25.6. The van der Waals surface area contributed by atoms with Gasteiger partial charge in [0.05, 0.1) is 19.8 Å². The van der Waals surface area contributed by atoms with E-state index in [0.717, 1.165) is 18.4 Å². The van der Waals surface area contributed by atoms with E-state index < -0.39 is 0 Å². The Labute approximate surface area is 160 Å². The summed E-state index contributed by atoms with van der Waals surface area (Å²) in [5, 5.41) is 11.6. The number of rotatable bonds is 8. The summed E-state index contributed by atoms with van der Waals surface area (Å²) in [6, 6.07) is 7.67. The lowest BCUT2D eigenvalue weighted by molar-refractivity contribution is -0.131. The number of likely N-dealkylation sites (tertiary alicyclic amines) is 1. The van der Waals surface area contributed by atoms with Gasteiger partial charge in [-0.25, -0.2) is 0 Å². The molecule has 1 N–H and O–H groups in total. The first-order valence-electron chi connectivity index (χ1n) is 9.31. The quantitative estimate of drug-likeness (QED) is 0.753. The van der Waals surface area contributed by atoms with Crippen LogP contribution in [0.15, 0.2) is 18.2 Å². The highest BCUT2D eigenvalue weighted by molar-refractivity contribution is 5.78. The van der Waals surface area contributed by atoms with Crippen LogP contribution in [0.2, 0.25) is 0 Å². The van der Waals surface area contributed by atoms with E-state index in [0.29, 0.717) is 44.0 Å². The number of hydrogen-bond acceptors (Lipinski definition) is 5. The minimum atomic E-state index is -0.133. The fourth-order valence-electron chi connectivity index (χ4n) is 3.15. The smallest absolute Gasteiger partial charge is 0.236 e. The number of nitrogens with one attached hydrogen (secondary N) is 1. The molecular formula is C20H27N3O4. The van der Waals surface area contributed by atoms with Crippen molar-refractivity contribution < 1.29 is 19.1 Å². The van der Waals surface area contributed by atoms with Crippen LogP contribution < -0.4 is 14.8 Å². The highest BCUT2D eigenvalue weighted by Crippen LogP contribution is 2.28. The number of nitrogens with zero attached hydrogens (tertiary/aromatic N) is 2. The van der Waals surface area contributed by atoms with Crippen molar-refractivity contribution in [1.29, 1.82) is 5.26 Å². The molecule has 0 saturated carbocycles. The standard InChI is InChI=1S/C20H27N3O4/c1-3-27-17-6-4-15(14-18(17)26-2)5-7-19(24)22-16-9-12-23(13-10-16)20(25)8-11-21/h4,6,14,16H,3,5,7-10,12-13H2,1-2H3,(H,22,24). The van der Waals surface area contributed by atoms with Gasteiger partial charge in [-0.3, -0.25) is 9.59 Å². The molecule has 7 heteroatoms. The molecule has 1 aromatic carbocycles. The predicted octanol–water partition coefficient (Wildman–Crippen LogP) is 2.05. The monoisotopic (exact) mass is 373 g/mol. The first kappa shape index (κ1) is 20.6. The molecule has 1 aromatic rings. The Morgan fingerprint density at radius 3 is 2.67 bits per heavy atom. The van der Waals surface area contributed by atoms with Crippen LogP contribution in [0.1, 0.15) is 38.2 Å². The number of piperidine rings is 1. The first-order valence-corrected chi connectivity index (χ1v) is 9.31. The average Bonchev–Trinajstić information content (AvgIpc) is 2.68. The number of methoxy groups -OCH3 is 1. The normalized spacial score (nSPS) is 14.3. The van der Waals surface area contributed by atoms with Gasteiger partial charge in [-0.15, -0.1) is 0 Å². The van der Waals surface area contributed by atoms with Gasteiger partial charge in [0.15, 0.2) is 11.5 Å². The number of aryl methyl sites for hydroxylation is 1. The van der Waals surface area contributed by atoms with Crippen LogP contribution in [-0.2, 0) is 16.0 Å². The number of carbonyl (C=O) groups is 2. The molecule has 0 unspecified atom stereocenters. The molecule has 0 radical (unpaired) electrons. The maximum Gasteiger partial charge on any atom is 0.236 e. The molecule has 2 amide bonds. The van der Waals surface area contributed by atoms with Crippen molar-refractivity contribution in [1.82, 2.24) is 10.2 Å². The van der Waals surface area contributed by atoms with Gasteiger partial charge in [0.25, 0.3) is 0 Å². The van der Waals surface area contributed by atoms with Crippen LogP contribution in [0.25, 0.3) is 0 Å². The largest absolute Gasteiger partial charge is 0.493 e. The van der Waals surface area contributed by atoms with Gasteiger partial charge in [-0.1, -0.05) is 6.07 Å². The SMILES string of the molecule is CCOc1ccc(CCC(=O)NC2CCN(C(=O)CC#N)CC2)cc1OC. The summed E-state index contributed by atoms with van der Waals surface area (Å²) in [6.45, 7) is 3.66. The predicted molar refractivity (Wildman–Crippen MR) is 100 cm³/mol. The van der Waals surface area contributed by atoms with Crippen LogP contribution in [0.5, 0.6) is 11.5 Å². The Morgan fingerprint density at radius 2 is 2.04 bits per heavy atom. The molecule has 1 fully saturated rings. The molecule has 0 bridgehead atoms. The van der Waals surface area contributed by atoms with Gasteiger partial charge in [0, 0.05) is 25.6 Å². The highest BCUT2D eigenvalue weighted by Gasteiger charge is 2.23. The molecule has 0 aromatic heterocycles. The Kier molecular flexibility index (Phi) is 7.93. The number of ether oxygens (including phenoxy) is 2. The molecule has 146 valence electrons. The van der Waals surface area contributed by atoms with E-state index in [1.165, 1.54) is 0 Å². The van der Waals surface area contributed by atoms with Gasteiger partial charge in [0.1, 0.15) is 6.42 Å². The maximum atomic E-state index is 12.2. The molecule has 0 aliphatic carbocycles. The lowest BCUT2D eigenvalue weighted by Gasteiger charge is -2.32. The molecule has 0 atom stereocenters. The minimum absolute atomic E-state index is 0.00431. The number of benzene rings is 1. The van der Waals surface area contributed by atoms with E-state index in [4.69, 9.17) is 14.7 Å². The molecule has 1 aliphatic rings. The van der Waals surface area contributed by atoms with Crippen molar-refractivity contribution in [3.05, 3.63) is 23.8 Å². The summed E-state index contributed by atoms with van der Waals surface area (Å²) in [6.07, 6.45) is 2.38. The summed E-state index contributed by atoms with van der Waals surface area (Å²) in [5.74, 6) is 1.24. The number of carbonyl (C=O) groups excluding carboxylic acids is 2. The van der Waals surface area contributed by atoms with Crippen LogP contribution in [0.4, 0.5) is 0 Å². The molecule has 27 heavy (non-hydrogen) atoms. The lowest BCUT2D eigenvalue weighted by atomic mass is 10.0. The van der Waals surface area contributed by atoms with Crippen molar-refractivity contribution in [3.63, 3.8) is 0 Å². The second kappa shape index (κ2) is 10.4. The Hall–Kier alpha value is -2.75. The summed E-state index contributed by atoms with van der Waals surface area (Å²) >= 11 is 0. The third-order valence-electron chi connectivity index (χ3n) is 4.61. The number of nitriles is 1. The van der Waals surface area contributed by atoms with E-state index in [1.807, 2.05) is 31.2 Å². The van der Waals surface area contributed by atoms with E-state index in [-0.39, 0.29) is 24.3 Å². The fraction of sp³-hybridized carbons (Fsp3) is 0.550. The maximum absolute atomic E-state index is 12.2. The zero-order valence-electron chi connectivity index (χ0n) is 16.0. The zero-order valence-corrected chi connectivity index (χ0v) is 16.0. The second-order valence-electron chi connectivity index (χ2n) is 6.48. The van der Waals surface area contributed by atoms with Crippen molar-refractivity contribution in [2.75, 3.05) is 26.8 Å². The van der Waals surface area contributed by atoms with Crippen molar-refractivity contribution in [2.24, 2.45) is 0 Å². The van der Waals surface area contributed by atoms with Crippen molar-refractivity contribution >= 4 is 11.8 Å². The molecule has 1 aliphatic heterocycles. The summed E-state index contributed by atoms with van der Waals surface area (Å²) in [7, 11) is 1.60. The zero-order chi connectivity index (χ0) is 19.6. The van der Waals surface area contributed by atoms with E-state index in [1.54, 1.807) is 12.0 Å². The van der Waals surface area contributed by atoms with Crippen LogP contribution in [0.3, 0.4) is 0 Å². The van der Waals surface area contributed by atoms with E-state index >= 15 is 0 Å². The van der Waals surface area contributed by atoms with E-state index in [2.05, 4.69) is 5.32 Å². The second-order valence-corrected chi connectivity index (χ2v) is 6.48. The Bertz CT molecular complexity index is 691. The van der Waals surface area contributed by atoms with Crippen LogP contribution >= 0.6 is 0 Å². The van der Waals surface area contributed by atoms with Gasteiger partial charge < -0.3 is 19.7 Å². The van der Waals surface area contributed by atoms with Gasteiger partial charge in [0.2, 0.25) is 11.8 Å². The minimum Gasteiger partial charge on any atom is -0.493 e. The fourth-order valence-corrected chi connectivity index (χ4v) is 3.15. The van der Waals surface area contributed by atoms with Gasteiger partial charge >= 0.3 is 0 Å². The van der Waals surface area contributed by atoms with E-state index in [9.17, 15) is 9.59 Å². The number of amides is 2. The third-order valence-corrected chi connectivity index (χ3v) is 4.61. The molecule has 2 rings (SSSR count). The molecular weight excluding hydrogens is 346 g/mol. The molecule has 0 spiro atoms. The van der Waals surface area contributed by atoms with Crippen LogP contribution in [0, 0.1) is 11.3 Å². The van der Waals surface area contributed by atoms with Crippen LogP contribution in [-0.4, -0.2) is 49.6 Å². The van der Waals surface area contributed by atoms with Crippen molar-refractivity contribution in [3.8, 4) is 17.6 Å². The molecule has 7 nitrogen and oxygen atoms in total. The lowest BCUT2D eigenvalue weighted by Crippen LogP contribution is -2.46. The highest BCUT2D eigenvalue weighted by atomic mass is 16.5. The molecule has 1 heterocycles. The number of hydrogen-bond donors (Lipinski definition) is 1. The summed E-state index contributed by atoms with van der Waals surface area (Å²) < 4.78 is 10.8. The topological polar surface area (TPSA) is 91.7 Å². The first-order chi connectivity index (χ1) is 13.1. The Morgan fingerprint density at radius 1 is 1.30 bits per heavy atom. The Balaban J connectivity index is 1.77. The van der Waals surface area contributed by atoms with Crippen molar-refractivity contribution in [2.45, 2.75) is 45.1 Å². The van der Waals surface area contributed by atoms with Gasteiger partial charge in [-0.2, -0.15) is 5.26 Å².